The third-order valence-electron chi connectivity index (χ3n) is 4.77. The largest absolute Gasteiger partial charge is 0.504 e. The Morgan fingerprint density at radius 1 is 1.16 bits per heavy atom. The third-order valence-corrected chi connectivity index (χ3v) is 4.77. The standard InChI is InChI=1S/C22H23N5O5/c1-12-9-13(2)11-15(10-12)19-20(29)16(6-7-23-19)24-25-18-14(3)26-27(21(18)30)8-4-5-17(28)22(31)32/h6-7,9-11,29H,4-5,8H2,1-3H3,(H,23,24)(H,31,32)/b25-18-. The monoisotopic (exact) mass is 437 g/mol. The molecule has 3 N–H and O–H groups in total. The number of carbonyl (C=O) groups excluding carboxylic acids is 2. The lowest BCUT2D eigenvalue weighted by Gasteiger charge is -2.11. The molecule has 3 rings (SSSR count). The van der Waals surface area contributed by atoms with Crippen molar-refractivity contribution in [3.8, 4) is 17.0 Å². The quantitative estimate of drug-likeness (QED) is 0.425. The summed E-state index contributed by atoms with van der Waals surface area (Å²) < 4.78 is 0. The van der Waals surface area contributed by atoms with Crippen LogP contribution < -0.4 is 5.43 Å². The Labute approximate surface area is 184 Å². The molecule has 1 aromatic heterocycles. The van der Waals surface area contributed by atoms with E-state index in [1.54, 1.807) is 6.92 Å². The van der Waals surface area contributed by atoms with Crippen LogP contribution in [0.15, 0.2) is 40.7 Å². The molecule has 32 heavy (non-hydrogen) atoms. The van der Waals surface area contributed by atoms with Gasteiger partial charge < -0.3 is 10.2 Å². The number of hydrazone groups is 2. The van der Waals surface area contributed by atoms with Gasteiger partial charge in [0.05, 0.1) is 5.71 Å². The number of ketones is 1. The van der Waals surface area contributed by atoms with Crippen LogP contribution >= 0.6 is 0 Å². The Kier molecular flexibility index (Phi) is 6.62. The van der Waals surface area contributed by atoms with E-state index in [-0.39, 0.29) is 36.5 Å². The molecule has 0 bridgehead atoms. The van der Waals surface area contributed by atoms with Gasteiger partial charge in [-0.3, -0.25) is 20.0 Å². The molecule has 0 aliphatic carbocycles. The van der Waals surface area contributed by atoms with Crippen LogP contribution in [0.4, 0.5) is 5.69 Å². The van der Waals surface area contributed by atoms with E-state index in [0.717, 1.165) is 21.7 Å². The number of hydrogen-bond acceptors (Lipinski definition) is 8. The second-order valence-corrected chi connectivity index (χ2v) is 7.45. The maximum atomic E-state index is 12.6. The van der Waals surface area contributed by atoms with E-state index in [1.807, 2.05) is 32.0 Å². The molecule has 1 aliphatic rings. The number of benzene rings is 1. The second-order valence-electron chi connectivity index (χ2n) is 7.45. The SMILES string of the molecule is CC1=NN(CCCC(=O)C(=O)O)C(=O)/C1=N\Nc1ccnc(-c2cc(C)cc(C)c2)c1O. The highest BCUT2D eigenvalue weighted by molar-refractivity contribution is 6.68. The Bertz CT molecular complexity index is 1140. The minimum Gasteiger partial charge on any atom is -0.504 e. The molecule has 0 saturated carbocycles. The lowest BCUT2D eigenvalue weighted by molar-refractivity contribution is -0.149. The van der Waals surface area contributed by atoms with Crippen LogP contribution in [0, 0.1) is 13.8 Å². The van der Waals surface area contributed by atoms with Gasteiger partial charge in [-0.25, -0.2) is 9.80 Å². The Morgan fingerprint density at radius 2 is 1.84 bits per heavy atom. The number of pyridine rings is 1. The van der Waals surface area contributed by atoms with E-state index in [2.05, 4.69) is 20.6 Å². The van der Waals surface area contributed by atoms with Crippen LogP contribution in [-0.4, -0.2) is 55.8 Å². The molecule has 10 nitrogen and oxygen atoms in total. The first-order valence-corrected chi connectivity index (χ1v) is 9.91. The smallest absolute Gasteiger partial charge is 0.372 e. The number of aliphatic carboxylic acids is 1. The molecule has 0 radical (unpaired) electrons. The number of nitrogens with zero attached hydrogens (tertiary/aromatic N) is 4. The summed E-state index contributed by atoms with van der Waals surface area (Å²) in [6.07, 6.45) is 1.50. The lowest BCUT2D eigenvalue weighted by Crippen LogP contribution is -2.29. The second kappa shape index (κ2) is 9.38. The van der Waals surface area contributed by atoms with Crippen molar-refractivity contribution in [1.82, 2.24) is 9.99 Å². The molecular formula is C22H23N5O5. The van der Waals surface area contributed by atoms with Crippen molar-refractivity contribution in [2.45, 2.75) is 33.6 Å². The zero-order valence-corrected chi connectivity index (χ0v) is 17.9. The van der Waals surface area contributed by atoms with Crippen LogP contribution in [-0.2, 0) is 14.4 Å². The molecule has 0 spiro atoms. The number of aryl methyl sites for hydroxylation is 2. The number of carboxylic acid groups (broad SMARTS) is 1. The summed E-state index contributed by atoms with van der Waals surface area (Å²) >= 11 is 0. The van der Waals surface area contributed by atoms with Crippen molar-refractivity contribution < 1.29 is 24.6 Å². The molecule has 0 atom stereocenters. The molecule has 1 amide bonds. The summed E-state index contributed by atoms with van der Waals surface area (Å²) in [4.78, 5) is 38.6. The molecule has 0 saturated heterocycles. The van der Waals surface area contributed by atoms with Gasteiger partial charge in [0, 0.05) is 24.7 Å². The van der Waals surface area contributed by atoms with E-state index in [1.165, 1.54) is 12.3 Å². The maximum absolute atomic E-state index is 12.6. The van der Waals surface area contributed by atoms with E-state index < -0.39 is 17.7 Å². The molecule has 2 aromatic rings. The van der Waals surface area contributed by atoms with Crippen molar-refractivity contribution in [2.24, 2.45) is 10.2 Å². The van der Waals surface area contributed by atoms with Crippen LogP contribution in [0.2, 0.25) is 0 Å². The normalized spacial score (nSPS) is 14.6. The Morgan fingerprint density at radius 3 is 2.50 bits per heavy atom. The van der Waals surface area contributed by atoms with Gasteiger partial charge in [-0.1, -0.05) is 17.2 Å². The molecule has 1 aliphatic heterocycles. The molecule has 1 aromatic carbocycles. The number of Topliss-reactive ketones (excluding diaryl/α,β-unsaturated/α-hetero) is 1. The van der Waals surface area contributed by atoms with Crippen LogP contribution in [0.25, 0.3) is 11.3 Å². The number of hydrogen-bond donors (Lipinski definition) is 3. The van der Waals surface area contributed by atoms with Gasteiger partial charge in [0.25, 0.3) is 5.91 Å². The number of nitrogens with one attached hydrogen (secondary N) is 1. The lowest BCUT2D eigenvalue weighted by atomic mass is 10.0. The summed E-state index contributed by atoms with van der Waals surface area (Å²) in [5, 5.41) is 28.7. The number of aromatic nitrogens is 1. The first-order valence-electron chi connectivity index (χ1n) is 9.91. The van der Waals surface area contributed by atoms with E-state index in [0.29, 0.717) is 11.4 Å². The predicted octanol–water partition coefficient (Wildman–Crippen LogP) is 2.49. The molecule has 0 unspecified atom stereocenters. The number of amides is 1. The molecule has 166 valence electrons. The van der Waals surface area contributed by atoms with E-state index in [9.17, 15) is 19.5 Å². The minimum absolute atomic E-state index is 0.0544. The van der Waals surface area contributed by atoms with Crippen molar-refractivity contribution in [3.05, 3.63) is 41.6 Å². The van der Waals surface area contributed by atoms with Crippen molar-refractivity contribution in [3.63, 3.8) is 0 Å². The molecule has 0 fully saturated rings. The van der Waals surface area contributed by atoms with Gasteiger partial charge >= 0.3 is 5.97 Å². The fraction of sp³-hybridized carbons (Fsp3) is 0.273. The van der Waals surface area contributed by atoms with Gasteiger partial charge in [-0.15, -0.1) is 0 Å². The molecule has 10 heteroatoms. The third kappa shape index (κ3) is 4.97. The first kappa shape index (κ1) is 22.6. The first-order chi connectivity index (χ1) is 15.2. The van der Waals surface area contributed by atoms with Gasteiger partial charge in [-0.05, 0) is 45.4 Å². The van der Waals surface area contributed by atoms with Gasteiger partial charge in [-0.2, -0.15) is 10.2 Å². The average Bonchev–Trinajstić information content (AvgIpc) is 2.99. The van der Waals surface area contributed by atoms with Crippen LogP contribution in [0.3, 0.4) is 0 Å². The summed E-state index contributed by atoms with van der Waals surface area (Å²) in [7, 11) is 0. The zero-order chi connectivity index (χ0) is 23.4. The highest BCUT2D eigenvalue weighted by Crippen LogP contribution is 2.34. The molecule has 2 heterocycles. The van der Waals surface area contributed by atoms with Gasteiger partial charge in [0.15, 0.2) is 11.5 Å². The molecular weight excluding hydrogens is 414 g/mol. The van der Waals surface area contributed by atoms with Crippen LogP contribution in [0.1, 0.15) is 30.9 Å². The van der Waals surface area contributed by atoms with E-state index >= 15 is 0 Å². The number of aromatic hydroxyl groups is 1. The summed E-state index contributed by atoms with van der Waals surface area (Å²) in [5.74, 6) is -3.01. The number of carbonyl (C=O) groups is 3. The maximum Gasteiger partial charge on any atom is 0.372 e. The summed E-state index contributed by atoms with van der Waals surface area (Å²) in [6, 6.07) is 7.38. The topological polar surface area (TPSA) is 145 Å². The van der Waals surface area contributed by atoms with Crippen molar-refractivity contribution in [2.75, 3.05) is 12.0 Å². The highest BCUT2D eigenvalue weighted by Gasteiger charge is 2.29. The van der Waals surface area contributed by atoms with Crippen LogP contribution in [0.5, 0.6) is 5.75 Å². The Balaban J connectivity index is 1.74. The van der Waals surface area contributed by atoms with Crippen molar-refractivity contribution in [1.29, 1.82) is 0 Å². The van der Waals surface area contributed by atoms with Gasteiger partial charge in [0.1, 0.15) is 11.4 Å². The zero-order valence-electron chi connectivity index (χ0n) is 17.9. The summed E-state index contributed by atoms with van der Waals surface area (Å²) in [5.41, 5.74) is 6.60. The van der Waals surface area contributed by atoms with Gasteiger partial charge in [0.2, 0.25) is 5.78 Å². The van der Waals surface area contributed by atoms with E-state index in [4.69, 9.17) is 5.11 Å². The number of anilines is 1. The predicted molar refractivity (Wildman–Crippen MR) is 119 cm³/mol. The minimum atomic E-state index is -1.50. The average molecular weight is 437 g/mol. The number of carboxylic acids is 1. The Hall–Kier alpha value is -4.08. The summed E-state index contributed by atoms with van der Waals surface area (Å²) in [6.45, 7) is 5.61. The fourth-order valence-corrected chi connectivity index (χ4v) is 3.31. The highest BCUT2D eigenvalue weighted by atomic mass is 16.4. The fourth-order valence-electron chi connectivity index (χ4n) is 3.31. The van der Waals surface area contributed by atoms with Crippen molar-refractivity contribution >= 4 is 34.8 Å². The number of rotatable bonds is 8.